The molecule has 0 aromatic carbocycles. The van der Waals surface area contributed by atoms with Gasteiger partial charge in [-0.25, -0.2) is 0 Å². The standard InChI is InChI=1S/C13H20N2O3/c1-4-17-9(2)13(16)15(3)8-11-7-12(18-14-11)10-5-6-10/h7,9-10H,4-6,8H2,1-3H3/t9-/m1/s1. The molecule has 0 unspecified atom stereocenters. The number of ether oxygens (including phenoxy) is 1. The van der Waals surface area contributed by atoms with E-state index in [1.165, 1.54) is 12.8 Å². The lowest BCUT2D eigenvalue weighted by atomic mass is 10.2. The molecule has 100 valence electrons. The summed E-state index contributed by atoms with van der Waals surface area (Å²) in [5, 5.41) is 4.00. The maximum absolute atomic E-state index is 11.9. The second-order valence-corrected chi connectivity index (χ2v) is 4.79. The van der Waals surface area contributed by atoms with Gasteiger partial charge in [0.15, 0.2) is 0 Å². The van der Waals surface area contributed by atoms with Gasteiger partial charge in [0.25, 0.3) is 5.91 Å². The van der Waals surface area contributed by atoms with Crippen LogP contribution in [0.1, 0.15) is 44.1 Å². The lowest BCUT2D eigenvalue weighted by Gasteiger charge is -2.19. The average Bonchev–Trinajstić information content (AvgIpc) is 3.10. The molecule has 1 aliphatic rings. The minimum atomic E-state index is -0.408. The summed E-state index contributed by atoms with van der Waals surface area (Å²) in [4.78, 5) is 13.6. The van der Waals surface area contributed by atoms with E-state index >= 15 is 0 Å². The molecule has 1 aromatic heterocycles. The van der Waals surface area contributed by atoms with E-state index < -0.39 is 6.10 Å². The van der Waals surface area contributed by atoms with Gasteiger partial charge >= 0.3 is 0 Å². The van der Waals surface area contributed by atoms with Crippen molar-refractivity contribution in [1.29, 1.82) is 0 Å². The predicted molar refractivity (Wildman–Crippen MR) is 66.0 cm³/mol. The number of carbonyl (C=O) groups excluding carboxylic acids is 1. The number of amides is 1. The molecule has 0 saturated heterocycles. The van der Waals surface area contributed by atoms with Gasteiger partial charge in [-0.2, -0.15) is 0 Å². The molecule has 1 amide bonds. The van der Waals surface area contributed by atoms with E-state index in [1.807, 2.05) is 13.0 Å². The van der Waals surface area contributed by atoms with E-state index in [9.17, 15) is 4.79 Å². The minimum Gasteiger partial charge on any atom is -0.369 e. The van der Waals surface area contributed by atoms with Gasteiger partial charge in [-0.3, -0.25) is 4.79 Å². The van der Waals surface area contributed by atoms with E-state index in [-0.39, 0.29) is 5.91 Å². The van der Waals surface area contributed by atoms with Crippen molar-refractivity contribution in [2.24, 2.45) is 0 Å². The fourth-order valence-corrected chi connectivity index (χ4v) is 1.92. The Kier molecular flexibility index (Phi) is 4.01. The smallest absolute Gasteiger partial charge is 0.251 e. The molecule has 2 rings (SSSR count). The molecule has 5 nitrogen and oxygen atoms in total. The average molecular weight is 252 g/mol. The van der Waals surface area contributed by atoms with Crippen LogP contribution in [0.2, 0.25) is 0 Å². The maximum atomic E-state index is 11.9. The third-order valence-electron chi connectivity index (χ3n) is 3.10. The SMILES string of the molecule is CCO[C@H](C)C(=O)N(C)Cc1cc(C2CC2)on1. The van der Waals surface area contributed by atoms with Gasteiger partial charge in [0, 0.05) is 25.6 Å². The second kappa shape index (κ2) is 5.52. The minimum absolute atomic E-state index is 0.0344. The summed E-state index contributed by atoms with van der Waals surface area (Å²) >= 11 is 0. The highest BCUT2D eigenvalue weighted by Gasteiger charge is 2.28. The maximum Gasteiger partial charge on any atom is 0.251 e. The van der Waals surface area contributed by atoms with Crippen LogP contribution in [0, 0.1) is 0 Å². The first-order valence-corrected chi connectivity index (χ1v) is 6.44. The molecule has 1 heterocycles. The third-order valence-corrected chi connectivity index (χ3v) is 3.10. The molecule has 1 aromatic rings. The summed E-state index contributed by atoms with van der Waals surface area (Å²) in [6, 6.07) is 1.95. The first-order valence-electron chi connectivity index (χ1n) is 6.44. The highest BCUT2D eigenvalue weighted by Crippen LogP contribution is 2.40. The van der Waals surface area contributed by atoms with Crippen molar-refractivity contribution in [3.63, 3.8) is 0 Å². The molecule has 0 bridgehead atoms. The Balaban J connectivity index is 1.88. The number of nitrogens with zero attached hydrogens (tertiary/aromatic N) is 2. The van der Waals surface area contributed by atoms with Crippen molar-refractivity contribution >= 4 is 5.91 Å². The summed E-state index contributed by atoms with van der Waals surface area (Å²) in [6.45, 7) is 4.65. The van der Waals surface area contributed by atoms with E-state index in [4.69, 9.17) is 9.26 Å². The first kappa shape index (κ1) is 13.1. The Morgan fingerprint density at radius 2 is 2.39 bits per heavy atom. The zero-order chi connectivity index (χ0) is 13.1. The van der Waals surface area contributed by atoms with Gasteiger partial charge in [0.05, 0.1) is 6.54 Å². The molecule has 1 fully saturated rings. The summed E-state index contributed by atoms with van der Waals surface area (Å²) in [5.74, 6) is 1.46. The zero-order valence-corrected chi connectivity index (χ0v) is 11.2. The highest BCUT2D eigenvalue weighted by molar-refractivity contribution is 5.80. The Morgan fingerprint density at radius 1 is 1.67 bits per heavy atom. The van der Waals surface area contributed by atoms with Crippen LogP contribution in [0.15, 0.2) is 10.6 Å². The van der Waals surface area contributed by atoms with Gasteiger partial charge < -0.3 is 14.2 Å². The summed E-state index contributed by atoms with van der Waals surface area (Å²) in [5.41, 5.74) is 0.802. The number of hydrogen-bond acceptors (Lipinski definition) is 4. The van der Waals surface area contributed by atoms with Crippen molar-refractivity contribution in [2.75, 3.05) is 13.7 Å². The van der Waals surface area contributed by atoms with Gasteiger partial charge in [-0.1, -0.05) is 5.16 Å². The number of likely N-dealkylation sites (N-methyl/N-ethyl adjacent to an activating group) is 1. The van der Waals surface area contributed by atoms with Crippen LogP contribution in [0.5, 0.6) is 0 Å². The molecule has 0 N–H and O–H groups in total. The number of rotatable bonds is 6. The monoisotopic (exact) mass is 252 g/mol. The quantitative estimate of drug-likeness (QED) is 0.776. The fourth-order valence-electron chi connectivity index (χ4n) is 1.92. The number of hydrogen-bond donors (Lipinski definition) is 0. The second-order valence-electron chi connectivity index (χ2n) is 4.79. The highest BCUT2D eigenvalue weighted by atomic mass is 16.5. The molecule has 1 saturated carbocycles. The fraction of sp³-hybridized carbons (Fsp3) is 0.692. The normalized spacial score (nSPS) is 16.6. The topological polar surface area (TPSA) is 55.6 Å². The Morgan fingerprint density at radius 3 is 3.00 bits per heavy atom. The molecular formula is C13H20N2O3. The van der Waals surface area contributed by atoms with Crippen LogP contribution in [-0.2, 0) is 16.1 Å². The van der Waals surface area contributed by atoms with E-state index in [0.29, 0.717) is 19.1 Å². The third kappa shape index (κ3) is 3.10. The van der Waals surface area contributed by atoms with Crippen LogP contribution in [0.25, 0.3) is 0 Å². The van der Waals surface area contributed by atoms with Crippen LogP contribution in [0.3, 0.4) is 0 Å². The van der Waals surface area contributed by atoms with Crippen LogP contribution in [0.4, 0.5) is 0 Å². The lowest BCUT2D eigenvalue weighted by Crippen LogP contribution is -2.35. The lowest BCUT2D eigenvalue weighted by molar-refractivity contribution is -0.141. The Labute approximate surface area is 107 Å². The van der Waals surface area contributed by atoms with Crippen molar-refractivity contribution < 1.29 is 14.1 Å². The van der Waals surface area contributed by atoms with Gasteiger partial charge in [0.1, 0.15) is 17.6 Å². The summed E-state index contributed by atoms with van der Waals surface area (Å²) in [7, 11) is 1.75. The van der Waals surface area contributed by atoms with Gasteiger partial charge in [0.2, 0.25) is 0 Å². The van der Waals surface area contributed by atoms with Crippen LogP contribution in [-0.4, -0.2) is 35.7 Å². The summed E-state index contributed by atoms with van der Waals surface area (Å²) in [6.07, 6.45) is 1.96. The molecule has 18 heavy (non-hydrogen) atoms. The van der Waals surface area contributed by atoms with Crippen molar-refractivity contribution in [3.8, 4) is 0 Å². The zero-order valence-electron chi connectivity index (χ0n) is 11.2. The first-order chi connectivity index (χ1) is 8.61. The van der Waals surface area contributed by atoms with E-state index in [1.54, 1.807) is 18.9 Å². The van der Waals surface area contributed by atoms with Crippen LogP contribution < -0.4 is 0 Å². The number of carbonyl (C=O) groups is 1. The molecule has 5 heteroatoms. The van der Waals surface area contributed by atoms with Crippen molar-refractivity contribution in [3.05, 3.63) is 17.5 Å². The van der Waals surface area contributed by atoms with Crippen LogP contribution >= 0.6 is 0 Å². The Bertz CT molecular complexity index is 412. The van der Waals surface area contributed by atoms with Gasteiger partial charge in [-0.05, 0) is 26.7 Å². The molecule has 0 radical (unpaired) electrons. The Hall–Kier alpha value is -1.36. The molecule has 1 atom stereocenters. The summed E-state index contributed by atoms with van der Waals surface area (Å²) < 4.78 is 10.5. The van der Waals surface area contributed by atoms with Crippen molar-refractivity contribution in [1.82, 2.24) is 10.1 Å². The van der Waals surface area contributed by atoms with Gasteiger partial charge in [-0.15, -0.1) is 0 Å². The number of aromatic nitrogens is 1. The predicted octanol–water partition coefficient (Wildman–Crippen LogP) is 1.94. The molecule has 1 aliphatic carbocycles. The largest absolute Gasteiger partial charge is 0.369 e. The van der Waals surface area contributed by atoms with E-state index in [0.717, 1.165) is 11.5 Å². The molecular weight excluding hydrogens is 232 g/mol. The molecule has 0 aliphatic heterocycles. The van der Waals surface area contributed by atoms with E-state index in [2.05, 4.69) is 5.16 Å². The van der Waals surface area contributed by atoms with Crippen molar-refractivity contribution in [2.45, 2.75) is 45.3 Å². The molecule has 0 spiro atoms.